The molecule has 1 N–H and O–H groups in total. The van der Waals surface area contributed by atoms with Gasteiger partial charge in [0.25, 0.3) is 0 Å². The molecule has 0 saturated carbocycles. The average molecular weight is 212 g/mol. The molecule has 0 atom stereocenters. The number of nitrogens with zero attached hydrogens (tertiary/aromatic N) is 1. The Morgan fingerprint density at radius 1 is 1.33 bits per heavy atom. The van der Waals surface area contributed by atoms with Crippen LogP contribution in [0.5, 0.6) is 0 Å². The number of hydrogen-bond acceptors (Lipinski definition) is 3. The standard InChI is InChI=1S/C12H24N2O/c1-2-3-8-14-9-10-15-12(11-14)4-6-13-7-5-12/h13H,2-11H2,1H3. The van der Waals surface area contributed by atoms with Gasteiger partial charge in [-0.2, -0.15) is 0 Å². The fraction of sp³-hybridized carbons (Fsp3) is 1.00. The summed E-state index contributed by atoms with van der Waals surface area (Å²) in [4.78, 5) is 2.60. The maximum atomic E-state index is 6.03. The molecule has 0 bridgehead atoms. The second-order valence-electron chi connectivity index (χ2n) is 4.91. The van der Waals surface area contributed by atoms with E-state index in [-0.39, 0.29) is 5.60 Å². The lowest BCUT2D eigenvalue weighted by atomic mass is 9.90. The number of piperidine rings is 1. The van der Waals surface area contributed by atoms with Crippen molar-refractivity contribution in [3.8, 4) is 0 Å². The molecule has 0 aromatic heterocycles. The Bertz CT molecular complexity index is 185. The maximum Gasteiger partial charge on any atom is 0.0833 e. The SMILES string of the molecule is CCCCN1CCOC2(CCNCC2)C1. The summed E-state index contributed by atoms with van der Waals surface area (Å²) in [5, 5.41) is 3.42. The molecule has 2 aliphatic rings. The van der Waals surface area contributed by atoms with Gasteiger partial charge >= 0.3 is 0 Å². The smallest absolute Gasteiger partial charge is 0.0833 e. The highest BCUT2D eigenvalue weighted by Gasteiger charge is 2.37. The predicted octanol–water partition coefficient (Wildman–Crippen LogP) is 1.24. The largest absolute Gasteiger partial charge is 0.372 e. The quantitative estimate of drug-likeness (QED) is 0.762. The molecule has 0 unspecified atom stereocenters. The Labute approximate surface area is 93.2 Å². The lowest BCUT2D eigenvalue weighted by molar-refractivity contribution is -0.123. The molecule has 2 saturated heterocycles. The second kappa shape index (κ2) is 5.28. The highest BCUT2D eigenvalue weighted by molar-refractivity contribution is 4.91. The fourth-order valence-electron chi connectivity index (χ4n) is 2.68. The maximum absolute atomic E-state index is 6.03. The zero-order valence-corrected chi connectivity index (χ0v) is 9.93. The van der Waals surface area contributed by atoms with E-state index in [1.54, 1.807) is 0 Å². The van der Waals surface area contributed by atoms with Crippen LogP contribution >= 0.6 is 0 Å². The van der Waals surface area contributed by atoms with E-state index in [9.17, 15) is 0 Å². The van der Waals surface area contributed by atoms with Gasteiger partial charge in [0.1, 0.15) is 0 Å². The van der Waals surface area contributed by atoms with Crippen molar-refractivity contribution in [2.75, 3.05) is 39.3 Å². The first-order valence-corrected chi connectivity index (χ1v) is 6.42. The summed E-state index contributed by atoms with van der Waals surface area (Å²) in [6, 6.07) is 0. The fourth-order valence-corrected chi connectivity index (χ4v) is 2.68. The van der Waals surface area contributed by atoms with E-state index in [4.69, 9.17) is 4.74 Å². The van der Waals surface area contributed by atoms with Crippen molar-refractivity contribution in [3.05, 3.63) is 0 Å². The van der Waals surface area contributed by atoms with E-state index in [1.165, 1.54) is 32.2 Å². The van der Waals surface area contributed by atoms with E-state index >= 15 is 0 Å². The van der Waals surface area contributed by atoms with Crippen molar-refractivity contribution in [1.29, 1.82) is 0 Å². The highest BCUT2D eigenvalue weighted by Crippen LogP contribution is 2.27. The summed E-state index contributed by atoms with van der Waals surface area (Å²) in [5.41, 5.74) is 0.192. The average Bonchev–Trinajstić information content (AvgIpc) is 2.28. The Morgan fingerprint density at radius 3 is 2.87 bits per heavy atom. The molecular formula is C12H24N2O. The molecule has 3 nitrogen and oxygen atoms in total. The van der Waals surface area contributed by atoms with Gasteiger partial charge in [-0.25, -0.2) is 0 Å². The van der Waals surface area contributed by atoms with Crippen LogP contribution < -0.4 is 5.32 Å². The summed E-state index contributed by atoms with van der Waals surface area (Å²) >= 11 is 0. The molecule has 0 aromatic rings. The lowest BCUT2D eigenvalue weighted by Crippen LogP contribution is -2.56. The minimum absolute atomic E-state index is 0.192. The van der Waals surface area contributed by atoms with Crippen LogP contribution in [0.2, 0.25) is 0 Å². The molecule has 0 aliphatic carbocycles. The number of unbranched alkanes of at least 4 members (excludes halogenated alkanes) is 1. The van der Waals surface area contributed by atoms with Crippen LogP contribution in [0.3, 0.4) is 0 Å². The van der Waals surface area contributed by atoms with Gasteiger partial charge in [0, 0.05) is 13.1 Å². The van der Waals surface area contributed by atoms with Crippen molar-refractivity contribution in [2.24, 2.45) is 0 Å². The van der Waals surface area contributed by atoms with Gasteiger partial charge in [-0.3, -0.25) is 4.90 Å². The molecule has 2 rings (SSSR count). The van der Waals surface area contributed by atoms with Gasteiger partial charge in [-0.05, 0) is 38.9 Å². The van der Waals surface area contributed by atoms with Gasteiger partial charge in [-0.1, -0.05) is 13.3 Å². The molecule has 2 aliphatic heterocycles. The van der Waals surface area contributed by atoms with Crippen LogP contribution in [-0.2, 0) is 4.74 Å². The van der Waals surface area contributed by atoms with E-state index < -0.39 is 0 Å². The number of nitrogens with one attached hydrogen (secondary N) is 1. The van der Waals surface area contributed by atoms with E-state index in [1.807, 2.05) is 0 Å². The molecule has 1 spiro atoms. The van der Waals surface area contributed by atoms with Gasteiger partial charge in [0.05, 0.1) is 12.2 Å². The first-order chi connectivity index (χ1) is 7.35. The minimum Gasteiger partial charge on any atom is -0.372 e. The Hall–Kier alpha value is -0.120. The van der Waals surface area contributed by atoms with E-state index in [2.05, 4.69) is 17.1 Å². The van der Waals surface area contributed by atoms with Gasteiger partial charge < -0.3 is 10.1 Å². The number of morpholine rings is 1. The van der Waals surface area contributed by atoms with Crippen molar-refractivity contribution in [3.63, 3.8) is 0 Å². The van der Waals surface area contributed by atoms with Crippen molar-refractivity contribution >= 4 is 0 Å². The number of rotatable bonds is 3. The normalized spacial score (nSPS) is 27.0. The molecule has 2 heterocycles. The third kappa shape index (κ3) is 2.92. The Kier molecular flexibility index (Phi) is 4.00. The summed E-state index contributed by atoms with van der Waals surface area (Å²) in [7, 11) is 0. The zero-order valence-electron chi connectivity index (χ0n) is 9.93. The second-order valence-corrected chi connectivity index (χ2v) is 4.91. The van der Waals surface area contributed by atoms with Crippen LogP contribution in [-0.4, -0.2) is 49.8 Å². The van der Waals surface area contributed by atoms with Crippen LogP contribution in [0.15, 0.2) is 0 Å². The third-order valence-electron chi connectivity index (χ3n) is 3.67. The monoisotopic (exact) mass is 212 g/mol. The minimum atomic E-state index is 0.192. The molecule has 0 amide bonds. The molecule has 88 valence electrons. The van der Waals surface area contributed by atoms with Crippen molar-refractivity contribution < 1.29 is 4.74 Å². The predicted molar refractivity (Wildman–Crippen MR) is 62.1 cm³/mol. The van der Waals surface area contributed by atoms with Crippen LogP contribution in [0, 0.1) is 0 Å². The van der Waals surface area contributed by atoms with Gasteiger partial charge in [-0.15, -0.1) is 0 Å². The first-order valence-electron chi connectivity index (χ1n) is 6.42. The Morgan fingerprint density at radius 2 is 2.13 bits per heavy atom. The highest BCUT2D eigenvalue weighted by atomic mass is 16.5. The molecule has 3 heteroatoms. The summed E-state index contributed by atoms with van der Waals surface area (Å²) < 4.78 is 6.03. The lowest BCUT2D eigenvalue weighted by Gasteiger charge is -2.45. The van der Waals surface area contributed by atoms with Gasteiger partial charge in [0.15, 0.2) is 0 Å². The van der Waals surface area contributed by atoms with E-state index in [0.717, 1.165) is 32.8 Å². The first kappa shape index (κ1) is 11.4. The third-order valence-corrected chi connectivity index (χ3v) is 3.67. The molecule has 2 fully saturated rings. The summed E-state index contributed by atoms with van der Waals surface area (Å²) in [6.45, 7) is 9.01. The van der Waals surface area contributed by atoms with Crippen LogP contribution in [0.1, 0.15) is 32.6 Å². The van der Waals surface area contributed by atoms with E-state index in [0.29, 0.717) is 0 Å². The van der Waals surface area contributed by atoms with Crippen LogP contribution in [0.4, 0.5) is 0 Å². The zero-order chi connectivity index (χ0) is 10.6. The van der Waals surface area contributed by atoms with Gasteiger partial charge in [0.2, 0.25) is 0 Å². The molecule has 0 aromatic carbocycles. The molecule has 15 heavy (non-hydrogen) atoms. The van der Waals surface area contributed by atoms with Crippen LogP contribution in [0.25, 0.3) is 0 Å². The van der Waals surface area contributed by atoms with Crippen molar-refractivity contribution in [2.45, 2.75) is 38.2 Å². The number of hydrogen-bond donors (Lipinski definition) is 1. The Balaban J connectivity index is 1.85. The molecule has 0 radical (unpaired) electrons. The topological polar surface area (TPSA) is 24.5 Å². The number of ether oxygens (including phenoxy) is 1. The van der Waals surface area contributed by atoms with Crippen molar-refractivity contribution in [1.82, 2.24) is 10.2 Å². The molecular weight excluding hydrogens is 188 g/mol. The summed E-state index contributed by atoms with van der Waals surface area (Å²) in [6.07, 6.45) is 5.01. The summed E-state index contributed by atoms with van der Waals surface area (Å²) in [5.74, 6) is 0.